The summed E-state index contributed by atoms with van der Waals surface area (Å²) in [6, 6.07) is 0. The predicted molar refractivity (Wildman–Crippen MR) is 65.0 cm³/mol. The van der Waals surface area contributed by atoms with Crippen molar-refractivity contribution in [3.8, 4) is 0 Å². The molecule has 0 aromatic carbocycles. The second-order valence-corrected chi connectivity index (χ2v) is 12.5. The molecule has 0 rings (SSSR count). The minimum absolute atomic E-state index is 0.532. The van der Waals surface area contributed by atoms with Crippen LogP contribution in [0.3, 0.4) is 0 Å². The van der Waals surface area contributed by atoms with E-state index in [0.29, 0.717) is 6.42 Å². The van der Waals surface area contributed by atoms with Crippen LogP contribution in [0.2, 0.25) is 14.8 Å². The number of unbranched alkanes of at least 4 members (excludes halogenated alkanes) is 1. The van der Waals surface area contributed by atoms with E-state index in [1.807, 2.05) is 6.92 Å². The van der Waals surface area contributed by atoms with Crippen LogP contribution in [-0.4, -0.2) is 31.1 Å². The van der Waals surface area contributed by atoms with Crippen molar-refractivity contribution in [2.75, 3.05) is 0 Å². The van der Waals surface area contributed by atoms with E-state index in [4.69, 9.17) is 0 Å². The molecular weight excluding hydrogens is 303 g/mol. The van der Waals surface area contributed by atoms with Gasteiger partial charge in [0.25, 0.3) is 0 Å². The summed E-state index contributed by atoms with van der Waals surface area (Å²) >= 11 is 3.97. The Kier molecular flexibility index (Phi) is 13.7. The maximum atomic E-state index is 10.2. The number of carbonyl (C=O) groups excluding carboxylic acids is 1. The van der Waals surface area contributed by atoms with Gasteiger partial charge in [-0.2, -0.15) is 0 Å². The Morgan fingerprint density at radius 3 is 2.14 bits per heavy atom. The molecule has 0 fully saturated rings. The molecular formula is C10H20O2SSn. The Balaban J connectivity index is 0. The third kappa shape index (κ3) is 14.9. The summed E-state index contributed by atoms with van der Waals surface area (Å²) in [5, 5.41) is 11.5. The average molecular weight is 323 g/mol. The third-order valence-electron chi connectivity index (χ3n) is 1.34. The van der Waals surface area contributed by atoms with Crippen molar-refractivity contribution in [3.05, 3.63) is 0 Å². The minimum atomic E-state index is -1.05. The fourth-order valence-corrected chi connectivity index (χ4v) is 0.913. The molecule has 0 saturated heterocycles. The van der Waals surface area contributed by atoms with E-state index in [2.05, 4.69) is 27.0 Å². The monoisotopic (exact) mass is 324 g/mol. The van der Waals surface area contributed by atoms with E-state index in [1.54, 1.807) is 0 Å². The van der Waals surface area contributed by atoms with E-state index >= 15 is 0 Å². The Hall–Kier alpha value is 0.359. The van der Waals surface area contributed by atoms with Crippen LogP contribution in [-0.2, 0) is 4.79 Å². The fourth-order valence-electron chi connectivity index (χ4n) is 0.665. The van der Waals surface area contributed by atoms with E-state index in [-0.39, 0.29) is 0 Å². The van der Waals surface area contributed by atoms with Crippen molar-refractivity contribution >= 4 is 43.3 Å². The van der Waals surface area contributed by atoms with Gasteiger partial charge in [-0.1, -0.05) is 32.0 Å². The third-order valence-corrected chi connectivity index (χ3v) is 1.66. The van der Waals surface area contributed by atoms with Gasteiger partial charge in [-0.05, 0) is 11.8 Å². The van der Waals surface area contributed by atoms with Crippen LogP contribution in [0.1, 0.15) is 26.2 Å². The van der Waals surface area contributed by atoms with Gasteiger partial charge in [-0.25, -0.2) is 0 Å². The Morgan fingerprint density at radius 2 is 1.93 bits per heavy atom. The molecule has 0 aliphatic heterocycles. The Labute approximate surface area is 99.8 Å². The van der Waals surface area contributed by atoms with Crippen molar-refractivity contribution in [2.24, 2.45) is 5.92 Å². The maximum absolute atomic E-state index is 10.2. The quantitative estimate of drug-likeness (QED) is 0.573. The second-order valence-electron chi connectivity index (χ2n) is 3.70. The van der Waals surface area contributed by atoms with Crippen molar-refractivity contribution in [3.63, 3.8) is 0 Å². The molecule has 0 aliphatic carbocycles. The number of rotatable bonds is 5. The topological polar surface area (TPSA) is 40.1 Å². The van der Waals surface area contributed by atoms with Gasteiger partial charge < -0.3 is 9.90 Å². The first-order chi connectivity index (χ1) is 6.45. The molecule has 14 heavy (non-hydrogen) atoms. The number of carboxylic acids is 1. The normalized spacial score (nSPS) is 10.9. The van der Waals surface area contributed by atoms with Gasteiger partial charge in [0.15, 0.2) is 0 Å². The average Bonchev–Trinajstić information content (AvgIpc) is 2.04. The molecule has 0 aromatic heterocycles. The first kappa shape index (κ1) is 16.8. The van der Waals surface area contributed by atoms with E-state index in [1.165, 1.54) is 5.37 Å². The van der Waals surface area contributed by atoms with Crippen molar-refractivity contribution < 1.29 is 9.90 Å². The Bertz CT molecular complexity index is 157. The molecule has 0 spiro atoms. The standard InChI is InChI=1S/C7H12O2S.3CH3.Sn/c1-2-3-4-6(5-10)7(8)9;;;;/h5-6H,2-4H2,1H3,(H,8,9);3*1H3;/q;;;;+1/p-1. The summed E-state index contributed by atoms with van der Waals surface area (Å²) in [6.07, 6.45) is 2.50. The number of aliphatic carboxylic acids is 1. The van der Waals surface area contributed by atoms with Crippen LogP contribution in [0.4, 0.5) is 0 Å². The molecule has 0 bridgehead atoms. The number of hydrogen-bond acceptors (Lipinski definition) is 3. The van der Waals surface area contributed by atoms with Crippen molar-refractivity contribution in [2.45, 2.75) is 41.0 Å². The molecule has 82 valence electrons. The SMILES string of the molecule is CCCCC(C=S)C(=O)[O-].[CH3][Sn+]([CH3])[CH3]. The van der Waals surface area contributed by atoms with Gasteiger partial charge in [0.1, 0.15) is 0 Å². The molecule has 0 N–H and O–H groups in total. The van der Waals surface area contributed by atoms with Crippen LogP contribution in [0.25, 0.3) is 0 Å². The van der Waals surface area contributed by atoms with Crippen LogP contribution < -0.4 is 5.11 Å². The van der Waals surface area contributed by atoms with E-state index < -0.39 is 31.6 Å². The van der Waals surface area contributed by atoms with Gasteiger partial charge >= 0.3 is 34.6 Å². The first-order valence-corrected chi connectivity index (χ1v) is 13.9. The number of hydrogen-bond donors (Lipinski definition) is 0. The van der Waals surface area contributed by atoms with Gasteiger partial charge in [-0.3, -0.25) is 0 Å². The molecule has 0 aliphatic rings. The zero-order chi connectivity index (χ0) is 11.6. The summed E-state index contributed by atoms with van der Waals surface area (Å²) < 4.78 is 0. The van der Waals surface area contributed by atoms with Gasteiger partial charge in [0.05, 0.1) is 0 Å². The summed E-state index contributed by atoms with van der Waals surface area (Å²) in [6.45, 7) is 2.01. The summed E-state index contributed by atoms with van der Waals surface area (Å²) in [7, 11) is 0. The number of thiocarbonyl (C=S) groups is 1. The molecule has 0 radical (unpaired) electrons. The van der Waals surface area contributed by atoms with Crippen LogP contribution in [0, 0.1) is 5.92 Å². The summed E-state index contributed by atoms with van der Waals surface area (Å²) in [4.78, 5) is 17.3. The molecule has 1 unspecified atom stereocenters. The zero-order valence-corrected chi connectivity index (χ0v) is 13.2. The molecule has 0 saturated carbocycles. The first-order valence-electron chi connectivity index (χ1n) is 4.88. The molecule has 0 aromatic rings. The van der Waals surface area contributed by atoms with Crippen molar-refractivity contribution in [1.29, 1.82) is 0 Å². The number of carbonyl (C=O) groups is 1. The summed E-state index contributed by atoms with van der Waals surface area (Å²) in [5.74, 6) is -1.58. The predicted octanol–water partition coefficient (Wildman–Crippen LogP) is 1.91. The number of carboxylic acid groups (broad SMARTS) is 1. The molecule has 0 amide bonds. The second kappa shape index (κ2) is 11.4. The van der Waals surface area contributed by atoms with Gasteiger partial charge in [0, 0.05) is 11.9 Å². The summed E-state index contributed by atoms with van der Waals surface area (Å²) in [5.41, 5.74) is 0. The van der Waals surface area contributed by atoms with Crippen LogP contribution in [0.5, 0.6) is 0 Å². The van der Waals surface area contributed by atoms with Gasteiger partial charge in [-0.15, -0.1) is 0 Å². The molecule has 1 atom stereocenters. The van der Waals surface area contributed by atoms with Crippen molar-refractivity contribution in [1.82, 2.24) is 0 Å². The Morgan fingerprint density at radius 1 is 1.50 bits per heavy atom. The molecule has 2 nitrogen and oxygen atoms in total. The van der Waals surface area contributed by atoms with Crippen LogP contribution >= 0.6 is 12.2 Å². The fraction of sp³-hybridized carbons (Fsp3) is 0.800. The molecule has 0 heterocycles. The van der Waals surface area contributed by atoms with E-state index in [0.717, 1.165) is 12.8 Å². The molecule has 4 heteroatoms. The van der Waals surface area contributed by atoms with Crippen LogP contribution in [0.15, 0.2) is 0 Å². The van der Waals surface area contributed by atoms with Gasteiger partial charge in [0.2, 0.25) is 0 Å². The van der Waals surface area contributed by atoms with E-state index in [9.17, 15) is 9.90 Å². The zero-order valence-electron chi connectivity index (χ0n) is 9.50.